The quantitative estimate of drug-likeness (QED) is 0.628. The molecule has 112 valence electrons. The van der Waals surface area contributed by atoms with E-state index in [0.29, 0.717) is 22.5 Å². The number of benzene rings is 1. The van der Waals surface area contributed by atoms with Crippen molar-refractivity contribution in [3.63, 3.8) is 0 Å². The van der Waals surface area contributed by atoms with Crippen LogP contribution >= 0.6 is 15.9 Å². The van der Waals surface area contributed by atoms with Crippen molar-refractivity contribution in [1.82, 2.24) is 5.32 Å². The van der Waals surface area contributed by atoms with Gasteiger partial charge in [-0.3, -0.25) is 14.9 Å². The minimum Gasteiger partial charge on any atom is -0.352 e. The fourth-order valence-corrected chi connectivity index (χ4v) is 3.30. The Hall–Kier alpha value is -1.43. The second kappa shape index (κ2) is 5.75. The molecule has 6 heteroatoms. The third-order valence-electron chi connectivity index (χ3n) is 4.36. The third kappa shape index (κ3) is 3.43. The summed E-state index contributed by atoms with van der Waals surface area (Å²) in [6.07, 6.45) is 5.10. The number of amides is 1. The first-order valence-corrected chi connectivity index (χ1v) is 8.07. The van der Waals surface area contributed by atoms with E-state index in [4.69, 9.17) is 0 Å². The highest BCUT2D eigenvalue weighted by Gasteiger charge is 2.41. The number of rotatable bonds is 6. The summed E-state index contributed by atoms with van der Waals surface area (Å²) in [5.41, 5.74) is 0.263. The standard InChI is InChI=1S/C15H17BrN2O3/c16-14-6-5-11(18(20)21)7-12(14)15(19)17-8-13(9-1-2-9)10-3-4-10/h5-7,9-10,13H,1-4,8H2,(H,17,19). The van der Waals surface area contributed by atoms with Crippen molar-refractivity contribution < 1.29 is 9.72 Å². The Balaban J connectivity index is 1.66. The zero-order chi connectivity index (χ0) is 15.0. The van der Waals surface area contributed by atoms with Crippen LogP contribution in [0, 0.1) is 27.9 Å². The van der Waals surface area contributed by atoms with Gasteiger partial charge in [-0.2, -0.15) is 0 Å². The van der Waals surface area contributed by atoms with Gasteiger partial charge in [0.1, 0.15) is 0 Å². The molecule has 2 fully saturated rings. The maximum atomic E-state index is 12.3. The summed E-state index contributed by atoms with van der Waals surface area (Å²) in [4.78, 5) is 22.6. The maximum Gasteiger partial charge on any atom is 0.270 e. The SMILES string of the molecule is O=C(NCC(C1CC1)C1CC1)c1cc([N+](=O)[O-])ccc1Br. The Morgan fingerprint density at radius 3 is 2.48 bits per heavy atom. The number of halogens is 1. The molecule has 21 heavy (non-hydrogen) atoms. The van der Waals surface area contributed by atoms with Crippen LogP contribution < -0.4 is 5.32 Å². The second-order valence-electron chi connectivity index (χ2n) is 5.97. The molecular formula is C15H17BrN2O3. The van der Waals surface area contributed by atoms with Gasteiger partial charge in [0.2, 0.25) is 0 Å². The summed E-state index contributed by atoms with van der Waals surface area (Å²) in [7, 11) is 0. The van der Waals surface area contributed by atoms with Gasteiger partial charge in [-0.05, 0) is 65.4 Å². The molecule has 0 bridgehead atoms. The molecule has 0 saturated heterocycles. The van der Waals surface area contributed by atoms with E-state index in [2.05, 4.69) is 21.2 Å². The summed E-state index contributed by atoms with van der Waals surface area (Å²) in [6, 6.07) is 4.26. The molecule has 1 aromatic carbocycles. The van der Waals surface area contributed by atoms with Crippen LogP contribution in [0.15, 0.2) is 22.7 Å². The van der Waals surface area contributed by atoms with E-state index in [1.807, 2.05) is 0 Å². The van der Waals surface area contributed by atoms with Gasteiger partial charge in [-0.25, -0.2) is 0 Å². The zero-order valence-electron chi connectivity index (χ0n) is 11.5. The van der Waals surface area contributed by atoms with Crippen molar-refractivity contribution >= 4 is 27.5 Å². The Morgan fingerprint density at radius 1 is 1.33 bits per heavy atom. The number of nitrogens with zero attached hydrogens (tertiary/aromatic N) is 1. The molecule has 0 spiro atoms. The number of nitro benzene ring substituents is 1. The van der Waals surface area contributed by atoms with Crippen molar-refractivity contribution in [2.24, 2.45) is 17.8 Å². The fraction of sp³-hybridized carbons (Fsp3) is 0.533. The van der Waals surface area contributed by atoms with Gasteiger partial charge >= 0.3 is 0 Å². The van der Waals surface area contributed by atoms with Gasteiger partial charge in [0.15, 0.2) is 0 Å². The van der Waals surface area contributed by atoms with Crippen molar-refractivity contribution in [1.29, 1.82) is 0 Å². The third-order valence-corrected chi connectivity index (χ3v) is 5.05. The minimum atomic E-state index is -0.486. The lowest BCUT2D eigenvalue weighted by Crippen LogP contribution is -2.31. The molecule has 0 aromatic heterocycles. The Morgan fingerprint density at radius 2 is 1.95 bits per heavy atom. The van der Waals surface area contributed by atoms with E-state index in [0.717, 1.165) is 11.8 Å². The molecule has 0 heterocycles. The lowest BCUT2D eigenvalue weighted by molar-refractivity contribution is -0.384. The van der Waals surface area contributed by atoms with Gasteiger partial charge in [-0.1, -0.05) is 0 Å². The molecule has 1 aromatic rings. The van der Waals surface area contributed by atoms with Crippen molar-refractivity contribution in [2.45, 2.75) is 25.7 Å². The monoisotopic (exact) mass is 352 g/mol. The summed E-state index contributed by atoms with van der Waals surface area (Å²) in [6.45, 7) is 0.684. The predicted molar refractivity (Wildman–Crippen MR) is 82.1 cm³/mol. The smallest absolute Gasteiger partial charge is 0.270 e. The molecule has 3 rings (SSSR count). The molecule has 0 unspecified atom stereocenters. The first kappa shape index (κ1) is 14.5. The first-order chi connectivity index (χ1) is 10.1. The van der Waals surface area contributed by atoms with Crippen molar-refractivity contribution in [3.05, 3.63) is 38.3 Å². The number of nitrogens with one attached hydrogen (secondary N) is 1. The van der Waals surface area contributed by atoms with Gasteiger partial charge in [0, 0.05) is 23.2 Å². The highest BCUT2D eigenvalue weighted by Crippen LogP contribution is 2.48. The summed E-state index contributed by atoms with van der Waals surface area (Å²) in [5.74, 6) is 1.89. The van der Waals surface area contributed by atoms with E-state index < -0.39 is 4.92 Å². The lowest BCUT2D eigenvalue weighted by Gasteiger charge is -2.16. The maximum absolute atomic E-state index is 12.3. The Bertz CT molecular complexity index is 570. The molecular weight excluding hydrogens is 336 g/mol. The lowest BCUT2D eigenvalue weighted by atomic mass is 9.98. The first-order valence-electron chi connectivity index (χ1n) is 7.28. The van der Waals surface area contributed by atoms with Gasteiger partial charge in [0.25, 0.3) is 11.6 Å². The molecule has 0 radical (unpaired) electrons. The Kier molecular flexibility index (Phi) is 3.97. The second-order valence-corrected chi connectivity index (χ2v) is 6.82. The highest BCUT2D eigenvalue weighted by atomic mass is 79.9. The molecule has 2 aliphatic carbocycles. The van der Waals surface area contributed by atoms with Gasteiger partial charge < -0.3 is 5.32 Å². The minimum absolute atomic E-state index is 0.0655. The normalized spacial score (nSPS) is 17.8. The molecule has 2 aliphatic rings. The highest BCUT2D eigenvalue weighted by molar-refractivity contribution is 9.10. The molecule has 1 N–H and O–H groups in total. The average Bonchev–Trinajstić information content (AvgIpc) is 3.32. The zero-order valence-corrected chi connectivity index (χ0v) is 13.1. The topological polar surface area (TPSA) is 72.2 Å². The van der Waals surface area contributed by atoms with Crippen LogP contribution in [0.3, 0.4) is 0 Å². The molecule has 5 nitrogen and oxygen atoms in total. The number of carbonyl (C=O) groups excluding carboxylic acids is 1. The van der Waals surface area contributed by atoms with E-state index in [-0.39, 0.29) is 11.6 Å². The number of hydrogen-bond donors (Lipinski definition) is 1. The Labute approximate surface area is 131 Å². The molecule has 2 saturated carbocycles. The van der Waals surface area contributed by atoms with E-state index in [1.165, 1.54) is 37.8 Å². The summed E-state index contributed by atoms with van der Waals surface area (Å²) < 4.78 is 0.583. The van der Waals surface area contributed by atoms with Crippen molar-refractivity contribution in [3.8, 4) is 0 Å². The van der Waals surface area contributed by atoms with E-state index in [1.54, 1.807) is 6.07 Å². The van der Waals surface area contributed by atoms with Crippen molar-refractivity contribution in [2.75, 3.05) is 6.54 Å². The molecule has 0 aliphatic heterocycles. The van der Waals surface area contributed by atoms with Crippen LogP contribution in [-0.2, 0) is 0 Å². The van der Waals surface area contributed by atoms with Crippen LogP contribution in [0.4, 0.5) is 5.69 Å². The summed E-state index contributed by atoms with van der Waals surface area (Å²) in [5, 5.41) is 13.8. The predicted octanol–water partition coefficient (Wildman–Crippen LogP) is 3.52. The van der Waals surface area contributed by atoms with Crippen LogP contribution in [-0.4, -0.2) is 17.4 Å². The van der Waals surface area contributed by atoms with Gasteiger partial charge in [-0.15, -0.1) is 0 Å². The largest absolute Gasteiger partial charge is 0.352 e. The van der Waals surface area contributed by atoms with Crippen LogP contribution in [0.25, 0.3) is 0 Å². The van der Waals surface area contributed by atoms with E-state index in [9.17, 15) is 14.9 Å². The number of nitro groups is 1. The van der Waals surface area contributed by atoms with Crippen LogP contribution in [0.2, 0.25) is 0 Å². The number of hydrogen-bond acceptors (Lipinski definition) is 3. The number of non-ortho nitro benzene ring substituents is 1. The van der Waals surface area contributed by atoms with Crippen LogP contribution in [0.5, 0.6) is 0 Å². The average molecular weight is 353 g/mol. The molecule has 0 atom stereocenters. The summed E-state index contributed by atoms with van der Waals surface area (Å²) >= 11 is 3.29. The van der Waals surface area contributed by atoms with Crippen LogP contribution in [0.1, 0.15) is 36.0 Å². The number of carbonyl (C=O) groups is 1. The van der Waals surface area contributed by atoms with Gasteiger partial charge in [0.05, 0.1) is 10.5 Å². The van der Waals surface area contributed by atoms with E-state index >= 15 is 0 Å². The molecule has 1 amide bonds. The fourth-order valence-electron chi connectivity index (χ4n) is 2.87.